The molecule has 0 amide bonds. The van der Waals surface area contributed by atoms with E-state index in [1.807, 2.05) is 0 Å². The van der Waals surface area contributed by atoms with Gasteiger partial charge in [-0.15, -0.1) is 0 Å². The number of carbonyl (C=O) groups is 1. The minimum atomic E-state index is -3.93. The normalized spacial score (nSPS) is 15.6. The minimum Gasteiger partial charge on any atom is -0.505 e. The lowest BCUT2D eigenvalue weighted by molar-refractivity contribution is -0.112. The quantitative estimate of drug-likeness (QED) is 0.719. The number of ketones is 1. The molecule has 1 aliphatic heterocycles. The highest BCUT2D eigenvalue weighted by molar-refractivity contribution is 7.89. The highest BCUT2D eigenvalue weighted by Crippen LogP contribution is 2.34. The lowest BCUT2D eigenvalue weighted by Crippen LogP contribution is -2.34. The second kappa shape index (κ2) is 7.87. The van der Waals surface area contributed by atoms with Crippen LogP contribution in [0.2, 0.25) is 0 Å². The molecule has 28 heavy (non-hydrogen) atoms. The molecule has 2 aromatic carbocycles. The fourth-order valence-electron chi connectivity index (χ4n) is 2.83. The fourth-order valence-corrected chi connectivity index (χ4v) is 4.23. The van der Waals surface area contributed by atoms with Crippen LogP contribution in [0.1, 0.15) is 11.1 Å². The zero-order valence-electron chi connectivity index (χ0n) is 15.1. The first-order valence-electron chi connectivity index (χ1n) is 8.44. The maximum Gasteiger partial charge on any atom is 0.265 e. The Hall–Kier alpha value is -3.10. The van der Waals surface area contributed by atoms with Crippen molar-refractivity contribution in [3.63, 3.8) is 0 Å². The van der Waals surface area contributed by atoms with E-state index in [1.54, 1.807) is 36.4 Å². The Morgan fingerprint density at radius 2 is 1.93 bits per heavy atom. The van der Waals surface area contributed by atoms with Gasteiger partial charge in [0.15, 0.2) is 5.76 Å². The number of carbonyl (C=O) groups excluding carboxylic acids is 1. The number of allylic oxidation sites excluding steroid dienone is 1. The molecule has 1 aliphatic rings. The number of aliphatic hydroxyl groups is 2. The first-order valence-corrected chi connectivity index (χ1v) is 9.88. The Bertz CT molecular complexity index is 1070. The number of aliphatic hydroxyl groups excluding tert-OH is 2. The SMILES string of the molecule is CN1C(C(=O)/C=C/c2cccc(OCCO)c2)=C(O)c2ccccc2S1(=O)=O. The molecule has 0 saturated carbocycles. The molecule has 0 aromatic heterocycles. The second-order valence-electron chi connectivity index (χ2n) is 6.01. The van der Waals surface area contributed by atoms with Gasteiger partial charge < -0.3 is 14.9 Å². The van der Waals surface area contributed by atoms with Gasteiger partial charge in [0.1, 0.15) is 18.1 Å². The van der Waals surface area contributed by atoms with Gasteiger partial charge in [0.05, 0.1) is 11.5 Å². The van der Waals surface area contributed by atoms with Gasteiger partial charge in [-0.25, -0.2) is 8.42 Å². The molecule has 0 bridgehead atoms. The van der Waals surface area contributed by atoms with E-state index in [0.717, 1.165) is 4.31 Å². The Morgan fingerprint density at radius 3 is 2.68 bits per heavy atom. The van der Waals surface area contributed by atoms with Crippen LogP contribution in [0.5, 0.6) is 5.75 Å². The monoisotopic (exact) mass is 401 g/mol. The first kappa shape index (κ1) is 19.7. The van der Waals surface area contributed by atoms with Crippen LogP contribution >= 0.6 is 0 Å². The lowest BCUT2D eigenvalue weighted by Gasteiger charge is -2.27. The molecule has 2 aromatic rings. The Balaban J connectivity index is 1.93. The van der Waals surface area contributed by atoms with Crippen molar-refractivity contribution >= 4 is 27.6 Å². The summed E-state index contributed by atoms with van der Waals surface area (Å²) in [7, 11) is -2.70. The topological polar surface area (TPSA) is 104 Å². The number of hydrogen-bond donors (Lipinski definition) is 2. The van der Waals surface area contributed by atoms with Crippen molar-refractivity contribution in [3.05, 3.63) is 71.4 Å². The molecule has 0 unspecified atom stereocenters. The second-order valence-corrected chi connectivity index (χ2v) is 7.95. The summed E-state index contributed by atoms with van der Waals surface area (Å²) in [4.78, 5) is 12.6. The minimum absolute atomic E-state index is 0.0516. The molecular weight excluding hydrogens is 382 g/mol. The van der Waals surface area contributed by atoms with Crippen molar-refractivity contribution in [2.45, 2.75) is 4.90 Å². The zero-order valence-corrected chi connectivity index (χ0v) is 15.9. The highest BCUT2D eigenvalue weighted by atomic mass is 32.2. The van der Waals surface area contributed by atoms with Crippen molar-refractivity contribution in [2.75, 3.05) is 20.3 Å². The summed E-state index contributed by atoms with van der Waals surface area (Å²) in [6, 6.07) is 12.8. The molecule has 146 valence electrons. The molecule has 2 N–H and O–H groups in total. The number of likely N-dealkylation sites (N-methyl/N-ethyl adjacent to an activating group) is 1. The summed E-state index contributed by atoms with van der Waals surface area (Å²) in [5.41, 5.74) is 0.421. The van der Waals surface area contributed by atoms with E-state index in [1.165, 1.54) is 31.3 Å². The number of ether oxygens (including phenoxy) is 1. The van der Waals surface area contributed by atoms with Crippen molar-refractivity contribution in [1.29, 1.82) is 0 Å². The Morgan fingerprint density at radius 1 is 1.18 bits per heavy atom. The predicted molar refractivity (Wildman–Crippen MR) is 104 cm³/mol. The van der Waals surface area contributed by atoms with Crippen LogP contribution in [0, 0.1) is 0 Å². The largest absolute Gasteiger partial charge is 0.505 e. The van der Waals surface area contributed by atoms with Crippen molar-refractivity contribution < 1.29 is 28.2 Å². The summed E-state index contributed by atoms with van der Waals surface area (Å²) in [5, 5.41) is 19.3. The highest BCUT2D eigenvalue weighted by Gasteiger charge is 2.36. The van der Waals surface area contributed by atoms with E-state index < -0.39 is 15.8 Å². The average molecular weight is 401 g/mol. The first-order chi connectivity index (χ1) is 13.4. The maximum absolute atomic E-state index is 12.7. The molecule has 0 radical (unpaired) electrons. The van der Waals surface area contributed by atoms with E-state index in [2.05, 4.69) is 0 Å². The molecule has 0 saturated heterocycles. The third kappa shape index (κ3) is 3.64. The molecule has 7 nitrogen and oxygen atoms in total. The van der Waals surface area contributed by atoms with Crippen molar-refractivity contribution in [1.82, 2.24) is 4.31 Å². The van der Waals surface area contributed by atoms with Gasteiger partial charge in [0.2, 0.25) is 5.78 Å². The number of rotatable bonds is 6. The van der Waals surface area contributed by atoms with Crippen LogP contribution in [0.3, 0.4) is 0 Å². The number of nitrogens with zero attached hydrogens (tertiary/aromatic N) is 1. The number of sulfonamides is 1. The average Bonchev–Trinajstić information content (AvgIpc) is 2.70. The van der Waals surface area contributed by atoms with Crippen molar-refractivity contribution in [3.8, 4) is 5.75 Å². The van der Waals surface area contributed by atoms with E-state index >= 15 is 0 Å². The summed E-state index contributed by atoms with van der Waals surface area (Å²) >= 11 is 0. The predicted octanol–water partition coefficient (Wildman–Crippen LogP) is 2.20. The van der Waals surface area contributed by atoms with Gasteiger partial charge in [-0.1, -0.05) is 30.3 Å². The van der Waals surface area contributed by atoms with Crippen LogP contribution < -0.4 is 4.74 Å². The number of fused-ring (bicyclic) bond motifs is 1. The number of hydrogen-bond acceptors (Lipinski definition) is 6. The third-order valence-corrected chi connectivity index (χ3v) is 6.01. The van der Waals surface area contributed by atoms with Crippen LogP contribution in [0.4, 0.5) is 0 Å². The standard InChI is InChI=1S/C20H19NO6S/c1-21-19(20(24)16-7-2-3-8-18(16)28(21,25)26)17(23)10-9-14-5-4-6-15(13-14)27-12-11-22/h2-10,13,22,24H,11-12H2,1H3/b10-9+. The van der Waals surface area contributed by atoms with Gasteiger partial charge in [0, 0.05) is 12.6 Å². The fraction of sp³-hybridized carbons (Fsp3) is 0.150. The van der Waals surface area contributed by atoms with E-state index in [9.17, 15) is 18.3 Å². The molecule has 0 aliphatic carbocycles. The van der Waals surface area contributed by atoms with Gasteiger partial charge in [0.25, 0.3) is 10.0 Å². The summed E-state index contributed by atoms with van der Waals surface area (Å²) < 4.78 is 31.4. The third-order valence-electron chi connectivity index (χ3n) is 4.20. The summed E-state index contributed by atoms with van der Waals surface area (Å²) in [5.74, 6) is -0.514. The molecule has 3 rings (SSSR count). The number of benzene rings is 2. The van der Waals surface area contributed by atoms with Gasteiger partial charge in [-0.05, 0) is 35.9 Å². The van der Waals surface area contributed by atoms with E-state index in [4.69, 9.17) is 9.84 Å². The van der Waals surface area contributed by atoms with Gasteiger partial charge in [-0.2, -0.15) is 0 Å². The molecule has 0 fully saturated rings. The Kier molecular flexibility index (Phi) is 5.53. The Labute approximate surface area is 162 Å². The van der Waals surface area contributed by atoms with E-state index in [0.29, 0.717) is 11.3 Å². The van der Waals surface area contributed by atoms with Crippen LogP contribution in [-0.4, -0.2) is 49.0 Å². The van der Waals surface area contributed by atoms with Crippen LogP contribution in [0.15, 0.2) is 65.2 Å². The van der Waals surface area contributed by atoms with E-state index in [-0.39, 0.29) is 35.1 Å². The zero-order chi connectivity index (χ0) is 20.3. The van der Waals surface area contributed by atoms with Gasteiger partial charge >= 0.3 is 0 Å². The molecule has 0 atom stereocenters. The molecular formula is C20H19NO6S. The summed E-state index contributed by atoms with van der Waals surface area (Å²) in [6.45, 7) is 0.0309. The molecule has 8 heteroatoms. The molecule has 0 spiro atoms. The van der Waals surface area contributed by atoms with Crippen LogP contribution in [-0.2, 0) is 14.8 Å². The van der Waals surface area contributed by atoms with Crippen LogP contribution in [0.25, 0.3) is 11.8 Å². The maximum atomic E-state index is 12.7. The summed E-state index contributed by atoms with van der Waals surface area (Å²) in [6.07, 6.45) is 2.69. The van der Waals surface area contributed by atoms with Crippen molar-refractivity contribution in [2.24, 2.45) is 0 Å². The van der Waals surface area contributed by atoms with Gasteiger partial charge in [-0.3, -0.25) is 9.10 Å². The smallest absolute Gasteiger partial charge is 0.265 e. The molecule has 1 heterocycles. The lowest BCUT2D eigenvalue weighted by atomic mass is 10.1.